The number of hydrogen-bond acceptors (Lipinski definition) is 4. The van der Waals surface area contributed by atoms with Crippen molar-refractivity contribution in [2.45, 2.75) is 51.2 Å². The Morgan fingerprint density at radius 3 is 2.72 bits per heavy atom. The van der Waals surface area contributed by atoms with Crippen molar-refractivity contribution < 1.29 is 0 Å². The molecule has 1 aromatic carbocycles. The van der Waals surface area contributed by atoms with Crippen molar-refractivity contribution in [1.82, 2.24) is 19.2 Å². The Kier molecular flexibility index (Phi) is 3.76. The smallest absolute Gasteiger partial charge is 0.265 e. The second-order valence-corrected chi connectivity index (χ2v) is 8.26. The minimum Gasteiger partial charge on any atom is -0.268 e. The molecule has 3 aromatic rings. The van der Waals surface area contributed by atoms with Gasteiger partial charge in [0.2, 0.25) is 5.78 Å². The fourth-order valence-electron chi connectivity index (χ4n) is 3.76. The number of nitrogens with zero attached hydrogens (tertiary/aromatic N) is 4. The van der Waals surface area contributed by atoms with Crippen LogP contribution in [0.25, 0.3) is 17.0 Å². The Hall–Kier alpha value is -2.08. The molecule has 0 saturated carbocycles. The molecule has 0 saturated heterocycles. The second kappa shape index (κ2) is 5.73. The maximum absolute atomic E-state index is 13.5. The van der Waals surface area contributed by atoms with Gasteiger partial charge in [0.15, 0.2) is 5.16 Å². The molecular weight excluding hydrogens is 332 g/mol. The third-order valence-electron chi connectivity index (χ3n) is 4.85. The second-order valence-electron chi connectivity index (χ2n) is 7.03. The van der Waals surface area contributed by atoms with E-state index in [9.17, 15) is 4.79 Å². The zero-order valence-corrected chi connectivity index (χ0v) is 15.9. The van der Waals surface area contributed by atoms with Gasteiger partial charge in [0.25, 0.3) is 5.56 Å². The number of thioether (sulfide) groups is 1. The summed E-state index contributed by atoms with van der Waals surface area (Å²) in [6.07, 6.45) is 0.845. The average molecular weight is 354 g/mol. The van der Waals surface area contributed by atoms with Gasteiger partial charge in [-0.15, -0.1) is 5.10 Å². The molecule has 0 unspecified atom stereocenters. The van der Waals surface area contributed by atoms with Crippen molar-refractivity contribution >= 4 is 17.5 Å². The fraction of sp³-hybridized carbons (Fsp3) is 0.421. The van der Waals surface area contributed by atoms with E-state index < -0.39 is 0 Å². The van der Waals surface area contributed by atoms with Crippen LogP contribution in [0.1, 0.15) is 38.8 Å². The van der Waals surface area contributed by atoms with E-state index in [1.165, 1.54) is 5.56 Å². The van der Waals surface area contributed by atoms with Gasteiger partial charge < -0.3 is 0 Å². The summed E-state index contributed by atoms with van der Waals surface area (Å²) in [7, 11) is 0. The molecule has 25 heavy (non-hydrogen) atoms. The van der Waals surface area contributed by atoms with Gasteiger partial charge in [0.05, 0.1) is 11.3 Å². The van der Waals surface area contributed by atoms with Crippen LogP contribution in [-0.4, -0.2) is 24.9 Å². The lowest BCUT2D eigenvalue weighted by molar-refractivity contribution is 0.505. The predicted octanol–water partition coefficient (Wildman–Crippen LogP) is 3.52. The zero-order valence-electron chi connectivity index (χ0n) is 15.0. The highest BCUT2D eigenvalue weighted by Gasteiger charge is 2.36. The lowest BCUT2D eigenvalue weighted by atomic mass is 9.72. The topological polar surface area (TPSA) is 52.2 Å². The highest BCUT2D eigenvalue weighted by atomic mass is 32.2. The van der Waals surface area contributed by atoms with Crippen LogP contribution in [0.4, 0.5) is 0 Å². The van der Waals surface area contributed by atoms with Gasteiger partial charge in [-0.3, -0.25) is 4.79 Å². The standard InChI is InChI=1S/C19H22N4OS/c1-5-22-17-20-15-13-10-8-7-9-12(13)11-19(3,4)14(15)16(24)23(17)18(21-22)25-6-2/h7-10H,5-6,11H2,1-4H3. The molecule has 1 aliphatic rings. The highest BCUT2D eigenvalue weighted by Crippen LogP contribution is 2.40. The summed E-state index contributed by atoms with van der Waals surface area (Å²) in [5, 5.41) is 5.34. The zero-order chi connectivity index (χ0) is 17.8. The van der Waals surface area contributed by atoms with Crippen molar-refractivity contribution in [3.8, 4) is 11.3 Å². The van der Waals surface area contributed by atoms with Gasteiger partial charge in [-0.25, -0.2) is 14.1 Å². The van der Waals surface area contributed by atoms with Crippen molar-refractivity contribution in [2.75, 3.05) is 5.75 Å². The monoisotopic (exact) mass is 354 g/mol. The molecule has 1 aliphatic carbocycles. The largest absolute Gasteiger partial charge is 0.268 e. The molecule has 0 radical (unpaired) electrons. The normalized spacial score (nSPS) is 15.2. The maximum Gasteiger partial charge on any atom is 0.265 e. The summed E-state index contributed by atoms with van der Waals surface area (Å²) in [5.41, 5.74) is 3.72. The number of hydrogen-bond donors (Lipinski definition) is 0. The SMILES string of the molecule is CCSc1nn(CC)c2nc3c(c(=O)n12)C(C)(C)Cc1ccccc1-3. The molecule has 0 aliphatic heterocycles. The van der Waals surface area contributed by atoms with Crippen molar-refractivity contribution in [1.29, 1.82) is 0 Å². The van der Waals surface area contributed by atoms with E-state index in [-0.39, 0.29) is 11.0 Å². The van der Waals surface area contributed by atoms with Crippen molar-refractivity contribution in [2.24, 2.45) is 0 Å². The summed E-state index contributed by atoms with van der Waals surface area (Å²) < 4.78 is 3.52. The summed E-state index contributed by atoms with van der Waals surface area (Å²) >= 11 is 1.58. The molecule has 5 nitrogen and oxygen atoms in total. The molecular formula is C19H22N4OS. The van der Waals surface area contributed by atoms with Gasteiger partial charge in [0.1, 0.15) is 0 Å². The van der Waals surface area contributed by atoms with E-state index in [0.717, 1.165) is 34.2 Å². The van der Waals surface area contributed by atoms with E-state index >= 15 is 0 Å². The van der Waals surface area contributed by atoms with Crippen LogP contribution in [-0.2, 0) is 18.4 Å². The molecule has 0 spiro atoms. The molecule has 6 heteroatoms. The minimum atomic E-state index is -0.253. The van der Waals surface area contributed by atoms with Crippen LogP contribution in [0.5, 0.6) is 0 Å². The quantitative estimate of drug-likeness (QED) is 0.675. The highest BCUT2D eigenvalue weighted by molar-refractivity contribution is 7.99. The summed E-state index contributed by atoms with van der Waals surface area (Å²) in [4.78, 5) is 18.4. The predicted molar refractivity (Wildman–Crippen MR) is 101 cm³/mol. The number of aryl methyl sites for hydroxylation is 1. The Labute approximate surface area is 151 Å². The molecule has 0 N–H and O–H groups in total. The molecule has 0 bridgehead atoms. The first kappa shape index (κ1) is 16.4. The van der Waals surface area contributed by atoms with Gasteiger partial charge in [-0.05, 0) is 24.7 Å². The molecule has 2 aromatic heterocycles. The molecule has 2 heterocycles. The van der Waals surface area contributed by atoms with Crippen LogP contribution in [0, 0.1) is 0 Å². The number of fused-ring (bicyclic) bond motifs is 4. The number of rotatable bonds is 3. The van der Waals surface area contributed by atoms with E-state index in [0.29, 0.717) is 12.3 Å². The summed E-state index contributed by atoms with van der Waals surface area (Å²) in [6, 6.07) is 8.28. The first-order chi connectivity index (χ1) is 12.0. The Morgan fingerprint density at radius 1 is 1.24 bits per heavy atom. The maximum atomic E-state index is 13.5. The van der Waals surface area contributed by atoms with Crippen molar-refractivity contribution in [3.05, 3.63) is 45.7 Å². The number of aromatic nitrogens is 4. The van der Waals surface area contributed by atoms with Gasteiger partial charge in [-0.1, -0.05) is 56.8 Å². The average Bonchev–Trinajstić information content (AvgIpc) is 2.92. The van der Waals surface area contributed by atoms with E-state index in [2.05, 4.69) is 44.1 Å². The van der Waals surface area contributed by atoms with Crippen LogP contribution >= 0.6 is 11.8 Å². The molecule has 0 atom stereocenters. The molecule has 4 rings (SSSR count). The van der Waals surface area contributed by atoms with Gasteiger partial charge >= 0.3 is 0 Å². The third-order valence-corrected chi connectivity index (χ3v) is 5.66. The summed E-state index contributed by atoms with van der Waals surface area (Å²) in [6.45, 7) is 9.04. The first-order valence-corrected chi connectivity index (χ1v) is 9.71. The molecule has 0 amide bonds. The Morgan fingerprint density at radius 2 is 2.00 bits per heavy atom. The van der Waals surface area contributed by atoms with Gasteiger partial charge in [0, 0.05) is 17.5 Å². The lowest BCUT2D eigenvalue weighted by Gasteiger charge is -2.32. The van der Waals surface area contributed by atoms with Gasteiger partial charge in [-0.2, -0.15) is 0 Å². The first-order valence-electron chi connectivity index (χ1n) is 8.73. The van der Waals surface area contributed by atoms with Crippen LogP contribution < -0.4 is 5.56 Å². The third kappa shape index (κ3) is 2.34. The summed E-state index contributed by atoms with van der Waals surface area (Å²) in [5.74, 6) is 1.50. The fourth-order valence-corrected chi connectivity index (χ4v) is 4.47. The molecule has 0 fully saturated rings. The Balaban J connectivity index is 2.15. The van der Waals surface area contributed by atoms with Crippen molar-refractivity contribution in [3.63, 3.8) is 0 Å². The Bertz CT molecular complexity index is 1030. The van der Waals surface area contributed by atoms with E-state index in [4.69, 9.17) is 4.98 Å². The van der Waals surface area contributed by atoms with E-state index in [1.807, 2.05) is 17.7 Å². The van der Waals surface area contributed by atoms with Crippen LogP contribution in [0.2, 0.25) is 0 Å². The molecule has 130 valence electrons. The van der Waals surface area contributed by atoms with E-state index in [1.54, 1.807) is 16.2 Å². The van der Waals surface area contributed by atoms with Crippen LogP contribution in [0.3, 0.4) is 0 Å². The lowest BCUT2D eigenvalue weighted by Crippen LogP contribution is -2.36. The minimum absolute atomic E-state index is 0.0233. The van der Waals surface area contributed by atoms with Crippen LogP contribution in [0.15, 0.2) is 34.2 Å². The number of benzene rings is 1.